The number of anilines is 1. The number of methoxy groups -OCH3 is 2. The number of ether oxygens (including phenoxy) is 2. The Morgan fingerprint density at radius 3 is 2.13 bits per heavy atom. The molecular formula is C23H24FNO4S. The molecule has 3 aromatic rings. The predicted octanol–water partition coefficient (Wildman–Crippen LogP) is 4.86. The fourth-order valence-corrected chi connectivity index (χ4v) is 4.83. The van der Waals surface area contributed by atoms with E-state index in [1.807, 2.05) is 31.2 Å². The average molecular weight is 430 g/mol. The van der Waals surface area contributed by atoms with Crippen LogP contribution in [0.2, 0.25) is 0 Å². The van der Waals surface area contributed by atoms with E-state index in [0.29, 0.717) is 22.7 Å². The van der Waals surface area contributed by atoms with Gasteiger partial charge in [-0.05, 0) is 55.3 Å². The van der Waals surface area contributed by atoms with Crippen molar-refractivity contribution in [3.63, 3.8) is 0 Å². The molecule has 0 radical (unpaired) electrons. The van der Waals surface area contributed by atoms with Crippen LogP contribution in [0.1, 0.15) is 16.7 Å². The third-order valence-electron chi connectivity index (χ3n) is 4.81. The zero-order valence-corrected chi connectivity index (χ0v) is 18.2. The zero-order chi connectivity index (χ0) is 21.9. The van der Waals surface area contributed by atoms with E-state index in [-0.39, 0.29) is 11.4 Å². The summed E-state index contributed by atoms with van der Waals surface area (Å²) < 4.78 is 52.7. The van der Waals surface area contributed by atoms with Crippen molar-refractivity contribution in [2.75, 3.05) is 18.5 Å². The maximum atomic E-state index is 13.6. The summed E-state index contributed by atoms with van der Waals surface area (Å²) in [6.45, 7) is 3.65. The number of hydrogen-bond donors (Lipinski definition) is 0. The van der Waals surface area contributed by atoms with Crippen molar-refractivity contribution >= 4 is 15.7 Å². The summed E-state index contributed by atoms with van der Waals surface area (Å²) in [6.07, 6.45) is 0. The van der Waals surface area contributed by atoms with Gasteiger partial charge in [-0.2, -0.15) is 0 Å². The Hall–Kier alpha value is -3.06. The molecule has 5 nitrogen and oxygen atoms in total. The Labute approximate surface area is 176 Å². The molecule has 3 aromatic carbocycles. The van der Waals surface area contributed by atoms with Gasteiger partial charge in [0.2, 0.25) is 0 Å². The highest BCUT2D eigenvalue weighted by Crippen LogP contribution is 2.35. The van der Waals surface area contributed by atoms with Crippen LogP contribution in [0, 0.1) is 19.7 Å². The molecule has 30 heavy (non-hydrogen) atoms. The lowest BCUT2D eigenvalue weighted by Crippen LogP contribution is -2.31. The Kier molecular flexibility index (Phi) is 6.31. The highest BCUT2D eigenvalue weighted by atomic mass is 32.2. The molecule has 0 N–H and O–H groups in total. The second kappa shape index (κ2) is 8.75. The molecule has 0 amide bonds. The van der Waals surface area contributed by atoms with E-state index >= 15 is 0 Å². The van der Waals surface area contributed by atoms with Crippen LogP contribution in [0.3, 0.4) is 0 Å². The molecule has 0 spiro atoms. The molecule has 158 valence electrons. The normalized spacial score (nSPS) is 11.2. The van der Waals surface area contributed by atoms with Gasteiger partial charge in [-0.3, -0.25) is 4.31 Å². The minimum Gasteiger partial charge on any atom is -0.493 e. The first kappa shape index (κ1) is 21.6. The van der Waals surface area contributed by atoms with Crippen LogP contribution in [-0.4, -0.2) is 22.6 Å². The van der Waals surface area contributed by atoms with Crippen molar-refractivity contribution < 1.29 is 22.3 Å². The van der Waals surface area contributed by atoms with Gasteiger partial charge in [-0.15, -0.1) is 0 Å². The first-order valence-electron chi connectivity index (χ1n) is 9.32. The molecular weight excluding hydrogens is 405 g/mol. The monoisotopic (exact) mass is 429 g/mol. The standard InChI is InChI=1S/C23H24FNO4S/c1-16-5-7-18(8-6-16)15-25(20-10-11-21(28-3)22(14-20)29-4)30(26,27)23-12-9-19(24)13-17(23)2/h5-14H,15H2,1-4H3. The number of nitrogens with zero attached hydrogens (tertiary/aromatic N) is 1. The van der Waals surface area contributed by atoms with Crippen LogP contribution >= 0.6 is 0 Å². The smallest absolute Gasteiger partial charge is 0.264 e. The first-order chi connectivity index (χ1) is 14.3. The molecule has 7 heteroatoms. The predicted molar refractivity (Wildman–Crippen MR) is 115 cm³/mol. The number of hydrogen-bond acceptors (Lipinski definition) is 4. The fourth-order valence-electron chi connectivity index (χ4n) is 3.18. The number of sulfonamides is 1. The SMILES string of the molecule is COc1ccc(N(Cc2ccc(C)cc2)S(=O)(=O)c2ccc(F)cc2C)cc1OC. The van der Waals surface area contributed by atoms with E-state index in [2.05, 4.69) is 0 Å². The molecule has 0 bridgehead atoms. The number of halogens is 1. The summed E-state index contributed by atoms with van der Waals surface area (Å²) in [5.41, 5.74) is 2.65. The molecule has 0 atom stereocenters. The molecule has 0 unspecified atom stereocenters. The van der Waals surface area contributed by atoms with Crippen molar-refractivity contribution in [3.8, 4) is 11.5 Å². The van der Waals surface area contributed by atoms with E-state index in [4.69, 9.17) is 9.47 Å². The Morgan fingerprint density at radius 2 is 1.53 bits per heavy atom. The first-order valence-corrected chi connectivity index (χ1v) is 10.8. The second-order valence-electron chi connectivity index (χ2n) is 6.95. The summed E-state index contributed by atoms with van der Waals surface area (Å²) >= 11 is 0. The van der Waals surface area contributed by atoms with Gasteiger partial charge >= 0.3 is 0 Å². The molecule has 0 saturated carbocycles. The van der Waals surface area contributed by atoms with Crippen LogP contribution < -0.4 is 13.8 Å². The van der Waals surface area contributed by atoms with Gasteiger partial charge in [0.1, 0.15) is 5.82 Å². The summed E-state index contributed by atoms with van der Waals surface area (Å²) in [5.74, 6) is 0.421. The quantitative estimate of drug-likeness (QED) is 0.539. The van der Waals surface area contributed by atoms with Crippen molar-refractivity contribution in [3.05, 3.63) is 83.2 Å². The lowest BCUT2D eigenvalue weighted by Gasteiger charge is -2.26. The third-order valence-corrected chi connectivity index (χ3v) is 6.74. The lowest BCUT2D eigenvalue weighted by molar-refractivity contribution is 0.355. The highest BCUT2D eigenvalue weighted by Gasteiger charge is 2.28. The van der Waals surface area contributed by atoms with Gasteiger partial charge < -0.3 is 9.47 Å². The van der Waals surface area contributed by atoms with Gasteiger partial charge in [0.25, 0.3) is 10.0 Å². The van der Waals surface area contributed by atoms with E-state index in [0.717, 1.165) is 17.2 Å². The van der Waals surface area contributed by atoms with E-state index in [9.17, 15) is 12.8 Å². The van der Waals surface area contributed by atoms with Crippen LogP contribution in [0.4, 0.5) is 10.1 Å². The Morgan fingerprint density at radius 1 is 0.867 bits per heavy atom. The van der Waals surface area contributed by atoms with E-state index in [1.54, 1.807) is 25.1 Å². The summed E-state index contributed by atoms with van der Waals surface area (Å²) in [4.78, 5) is 0.0470. The van der Waals surface area contributed by atoms with Crippen LogP contribution in [0.15, 0.2) is 65.6 Å². The largest absolute Gasteiger partial charge is 0.493 e. The summed E-state index contributed by atoms with van der Waals surface area (Å²) in [5, 5.41) is 0. The van der Waals surface area contributed by atoms with Gasteiger partial charge in [-0.1, -0.05) is 29.8 Å². The highest BCUT2D eigenvalue weighted by molar-refractivity contribution is 7.92. The molecule has 0 aliphatic carbocycles. The Bertz CT molecular complexity index is 1140. The van der Waals surface area contributed by atoms with Gasteiger partial charge in [0, 0.05) is 6.07 Å². The maximum Gasteiger partial charge on any atom is 0.264 e. The molecule has 0 aliphatic rings. The molecule has 0 aliphatic heterocycles. The van der Waals surface area contributed by atoms with Gasteiger partial charge in [0.05, 0.1) is 31.3 Å². The van der Waals surface area contributed by atoms with Crippen molar-refractivity contribution in [2.24, 2.45) is 0 Å². The Balaban J connectivity index is 2.15. The molecule has 0 fully saturated rings. The topological polar surface area (TPSA) is 55.8 Å². The number of aryl methyl sites for hydroxylation is 2. The molecule has 0 saturated heterocycles. The fraction of sp³-hybridized carbons (Fsp3) is 0.217. The van der Waals surface area contributed by atoms with Crippen molar-refractivity contribution in [2.45, 2.75) is 25.3 Å². The molecule has 3 rings (SSSR count). The second-order valence-corrected chi connectivity index (χ2v) is 8.78. The number of benzene rings is 3. The maximum absolute atomic E-state index is 13.6. The third kappa shape index (κ3) is 4.41. The van der Waals surface area contributed by atoms with E-state index < -0.39 is 15.8 Å². The van der Waals surface area contributed by atoms with E-state index in [1.165, 1.54) is 30.7 Å². The van der Waals surface area contributed by atoms with Crippen LogP contribution in [-0.2, 0) is 16.6 Å². The van der Waals surface area contributed by atoms with Crippen LogP contribution in [0.25, 0.3) is 0 Å². The van der Waals surface area contributed by atoms with Gasteiger partial charge in [0.15, 0.2) is 11.5 Å². The summed E-state index contributed by atoms with van der Waals surface area (Å²) in [6, 6.07) is 16.2. The van der Waals surface area contributed by atoms with Gasteiger partial charge in [-0.25, -0.2) is 12.8 Å². The van der Waals surface area contributed by atoms with Crippen molar-refractivity contribution in [1.82, 2.24) is 0 Å². The number of rotatable bonds is 7. The average Bonchev–Trinajstić information content (AvgIpc) is 2.72. The molecule has 0 aromatic heterocycles. The molecule has 0 heterocycles. The lowest BCUT2D eigenvalue weighted by atomic mass is 10.1. The minimum absolute atomic E-state index is 0.0470. The van der Waals surface area contributed by atoms with Crippen LogP contribution in [0.5, 0.6) is 11.5 Å². The van der Waals surface area contributed by atoms with Crippen molar-refractivity contribution in [1.29, 1.82) is 0 Å². The minimum atomic E-state index is -3.98. The zero-order valence-electron chi connectivity index (χ0n) is 17.3. The summed E-state index contributed by atoms with van der Waals surface area (Å²) in [7, 11) is -0.979.